The summed E-state index contributed by atoms with van der Waals surface area (Å²) in [7, 11) is 1.82. The monoisotopic (exact) mass is 303 g/mol. The van der Waals surface area contributed by atoms with Crippen LogP contribution in [0.5, 0.6) is 0 Å². The van der Waals surface area contributed by atoms with Crippen LogP contribution in [-0.2, 0) is 0 Å². The van der Waals surface area contributed by atoms with Crippen LogP contribution < -0.4 is 0 Å². The van der Waals surface area contributed by atoms with Gasteiger partial charge in [-0.15, -0.1) is 0 Å². The molecule has 1 amide bonds. The van der Waals surface area contributed by atoms with E-state index in [1.165, 1.54) is 0 Å². The molecule has 88 valence electrons. The molecule has 1 atom stereocenters. The van der Waals surface area contributed by atoms with Gasteiger partial charge in [0.2, 0.25) is 0 Å². The van der Waals surface area contributed by atoms with Gasteiger partial charge < -0.3 is 4.90 Å². The molecule has 0 N–H and O–H groups in total. The van der Waals surface area contributed by atoms with Crippen molar-refractivity contribution in [3.63, 3.8) is 0 Å². The van der Waals surface area contributed by atoms with Crippen LogP contribution in [0.4, 0.5) is 0 Å². The third-order valence-electron chi connectivity index (χ3n) is 2.74. The van der Waals surface area contributed by atoms with E-state index in [4.69, 9.17) is 11.6 Å². The third-order valence-corrected chi connectivity index (χ3v) is 3.95. The van der Waals surface area contributed by atoms with Gasteiger partial charge in [-0.3, -0.25) is 4.79 Å². The van der Waals surface area contributed by atoms with Crippen molar-refractivity contribution in [3.8, 4) is 0 Å². The zero-order valence-electron chi connectivity index (χ0n) is 9.63. The summed E-state index contributed by atoms with van der Waals surface area (Å²) in [5.41, 5.74) is 0.652. The lowest BCUT2D eigenvalue weighted by atomic mass is 10.1. The van der Waals surface area contributed by atoms with E-state index in [9.17, 15) is 4.79 Å². The Hall–Kier alpha value is -0.540. The molecule has 0 aromatic heterocycles. The zero-order chi connectivity index (χ0) is 12.3. The molecule has 1 unspecified atom stereocenters. The maximum absolute atomic E-state index is 12.1. The van der Waals surface area contributed by atoms with Crippen molar-refractivity contribution in [2.75, 3.05) is 7.05 Å². The second kappa shape index (κ2) is 5.69. The Balaban J connectivity index is 2.92. The predicted molar refractivity (Wildman–Crippen MR) is 71.0 cm³/mol. The summed E-state index contributed by atoms with van der Waals surface area (Å²) in [6, 6.07) is 5.46. The Bertz CT molecular complexity index is 395. The van der Waals surface area contributed by atoms with Crippen molar-refractivity contribution < 1.29 is 4.79 Å². The molecule has 0 radical (unpaired) electrons. The highest BCUT2D eigenvalue weighted by Crippen LogP contribution is 2.24. The Morgan fingerprint density at radius 2 is 2.19 bits per heavy atom. The molecule has 0 saturated carbocycles. The summed E-state index contributed by atoms with van der Waals surface area (Å²) in [4.78, 5) is 13.8. The molecule has 0 bridgehead atoms. The first kappa shape index (κ1) is 13.5. The summed E-state index contributed by atoms with van der Waals surface area (Å²) in [6.07, 6.45) is 0.941. The molecule has 0 aliphatic heterocycles. The van der Waals surface area contributed by atoms with E-state index in [1.54, 1.807) is 23.1 Å². The first-order valence-corrected chi connectivity index (χ1v) is 6.36. The topological polar surface area (TPSA) is 20.3 Å². The van der Waals surface area contributed by atoms with Crippen LogP contribution in [0, 0.1) is 0 Å². The van der Waals surface area contributed by atoms with Gasteiger partial charge in [-0.05, 0) is 47.5 Å². The molecule has 0 aliphatic rings. The SMILES string of the molecule is CCC(C)N(C)C(=O)c1ccc(Cl)c(Br)c1. The van der Waals surface area contributed by atoms with E-state index in [-0.39, 0.29) is 11.9 Å². The van der Waals surface area contributed by atoms with Crippen molar-refractivity contribution >= 4 is 33.4 Å². The predicted octanol–water partition coefficient (Wildman–Crippen LogP) is 3.97. The Morgan fingerprint density at radius 1 is 1.56 bits per heavy atom. The van der Waals surface area contributed by atoms with E-state index in [1.807, 2.05) is 14.0 Å². The average molecular weight is 305 g/mol. The zero-order valence-corrected chi connectivity index (χ0v) is 12.0. The first-order valence-electron chi connectivity index (χ1n) is 5.19. The molecule has 4 heteroatoms. The largest absolute Gasteiger partial charge is 0.339 e. The number of rotatable bonds is 3. The number of amides is 1. The normalized spacial score (nSPS) is 12.3. The lowest BCUT2D eigenvalue weighted by Gasteiger charge is -2.24. The smallest absolute Gasteiger partial charge is 0.253 e. The van der Waals surface area contributed by atoms with E-state index < -0.39 is 0 Å². The fourth-order valence-electron chi connectivity index (χ4n) is 1.31. The Labute approximate surface area is 110 Å². The molecule has 1 rings (SSSR count). The van der Waals surface area contributed by atoms with E-state index >= 15 is 0 Å². The first-order chi connectivity index (χ1) is 7.47. The molecule has 0 saturated heterocycles. The van der Waals surface area contributed by atoms with Gasteiger partial charge in [0.25, 0.3) is 5.91 Å². The quantitative estimate of drug-likeness (QED) is 0.827. The van der Waals surface area contributed by atoms with Crippen molar-refractivity contribution in [1.82, 2.24) is 4.90 Å². The summed E-state index contributed by atoms with van der Waals surface area (Å²) in [6.45, 7) is 4.09. The maximum Gasteiger partial charge on any atom is 0.253 e. The van der Waals surface area contributed by atoms with Gasteiger partial charge in [0.1, 0.15) is 0 Å². The van der Waals surface area contributed by atoms with Crippen molar-refractivity contribution in [2.24, 2.45) is 0 Å². The van der Waals surface area contributed by atoms with Crippen LogP contribution >= 0.6 is 27.5 Å². The molecule has 0 heterocycles. The fraction of sp³-hybridized carbons (Fsp3) is 0.417. The third kappa shape index (κ3) is 2.98. The van der Waals surface area contributed by atoms with Gasteiger partial charge >= 0.3 is 0 Å². The lowest BCUT2D eigenvalue weighted by Crippen LogP contribution is -2.34. The van der Waals surface area contributed by atoms with Gasteiger partial charge in [0.05, 0.1) is 5.02 Å². The highest BCUT2D eigenvalue weighted by molar-refractivity contribution is 9.10. The summed E-state index contributed by atoms with van der Waals surface area (Å²) < 4.78 is 0.748. The molecular formula is C12H15BrClNO. The van der Waals surface area contributed by atoms with Gasteiger partial charge in [0, 0.05) is 23.1 Å². The van der Waals surface area contributed by atoms with Crippen molar-refractivity contribution in [2.45, 2.75) is 26.3 Å². The summed E-state index contributed by atoms with van der Waals surface area (Å²) in [5, 5.41) is 0.614. The maximum atomic E-state index is 12.1. The number of hydrogen-bond donors (Lipinski definition) is 0. The fourth-order valence-corrected chi connectivity index (χ4v) is 1.80. The Morgan fingerprint density at radius 3 is 2.69 bits per heavy atom. The van der Waals surface area contributed by atoms with Crippen molar-refractivity contribution in [3.05, 3.63) is 33.3 Å². The highest BCUT2D eigenvalue weighted by Gasteiger charge is 2.16. The summed E-state index contributed by atoms with van der Waals surface area (Å²) >= 11 is 9.20. The minimum absolute atomic E-state index is 0.0201. The number of nitrogens with zero attached hydrogens (tertiary/aromatic N) is 1. The number of benzene rings is 1. The molecule has 0 aliphatic carbocycles. The van der Waals surface area contributed by atoms with Crippen LogP contribution in [0.25, 0.3) is 0 Å². The van der Waals surface area contributed by atoms with E-state index in [0.29, 0.717) is 10.6 Å². The van der Waals surface area contributed by atoms with Crippen LogP contribution in [0.15, 0.2) is 22.7 Å². The van der Waals surface area contributed by atoms with Gasteiger partial charge in [-0.1, -0.05) is 18.5 Å². The molecule has 0 spiro atoms. The molecule has 16 heavy (non-hydrogen) atoms. The molecule has 0 fully saturated rings. The van der Waals surface area contributed by atoms with Crippen LogP contribution in [0.2, 0.25) is 5.02 Å². The number of hydrogen-bond acceptors (Lipinski definition) is 1. The number of carbonyl (C=O) groups excluding carboxylic acids is 1. The van der Waals surface area contributed by atoms with Crippen LogP contribution in [-0.4, -0.2) is 23.9 Å². The molecule has 2 nitrogen and oxygen atoms in total. The minimum Gasteiger partial charge on any atom is -0.339 e. The molecule has 1 aromatic rings. The summed E-state index contributed by atoms with van der Waals surface area (Å²) in [5.74, 6) is 0.0201. The molecular weight excluding hydrogens is 289 g/mol. The lowest BCUT2D eigenvalue weighted by molar-refractivity contribution is 0.0740. The standard InChI is InChI=1S/C12H15BrClNO/c1-4-8(2)15(3)12(16)9-5-6-11(14)10(13)7-9/h5-8H,4H2,1-3H3. The Kier molecular flexibility index (Phi) is 4.81. The average Bonchev–Trinajstić information content (AvgIpc) is 2.29. The van der Waals surface area contributed by atoms with Crippen LogP contribution in [0.1, 0.15) is 30.6 Å². The van der Waals surface area contributed by atoms with Gasteiger partial charge in [-0.2, -0.15) is 0 Å². The van der Waals surface area contributed by atoms with E-state index in [0.717, 1.165) is 10.9 Å². The second-order valence-corrected chi connectivity index (χ2v) is 5.06. The van der Waals surface area contributed by atoms with Crippen LogP contribution in [0.3, 0.4) is 0 Å². The van der Waals surface area contributed by atoms with Gasteiger partial charge in [0.15, 0.2) is 0 Å². The number of halogens is 2. The molecule has 1 aromatic carbocycles. The van der Waals surface area contributed by atoms with Gasteiger partial charge in [-0.25, -0.2) is 0 Å². The minimum atomic E-state index is 0.0201. The number of carbonyl (C=O) groups is 1. The highest BCUT2D eigenvalue weighted by atomic mass is 79.9. The van der Waals surface area contributed by atoms with E-state index in [2.05, 4.69) is 22.9 Å². The van der Waals surface area contributed by atoms with Crippen molar-refractivity contribution in [1.29, 1.82) is 0 Å². The second-order valence-electron chi connectivity index (χ2n) is 3.80.